The first-order valence-corrected chi connectivity index (χ1v) is 9.66. The Hall–Kier alpha value is -4.01. The number of methoxy groups -OCH3 is 1. The van der Waals surface area contributed by atoms with Gasteiger partial charge in [0.2, 0.25) is 0 Å². The molecule has 9 heteroatoms. The van der Waals surface area contributed by atoms with Crippen molar-refractivity contribution in [2.24, 2.45) is 5.10 Å². The van der Waals surface area contributed by atoms with Gasteiger partial charge in [0.25, 0.3) is 5.91 Å². The summed E-state index contributed by atoms with van der Waals surface area (Å²) in [6.07, 6.45) is 1.84. The molecule has 1 aromatic heterocycles. The highest BCUT2D eigenvalue weighted by molar-refractivity contribution is 6.03. The van der Waals surface area contributed by atoms with Crippen LogP contribution in [0.4, 0.5) is 8.78 Å². The second-order valence-corrected chi connectivity index (χ2v) is 6.92. The molecular weight excluding hydrogens is 422 g/mol. The molecule has 0 spiro atoms. The van der Waals surface area contributed by atoms with Gasteiger partial charge in [0.1, 0.15) is 34.7 Å². The number of esters is 1. The number of carbonyl (C=O) groups excluding carboxylic acids is 2. The molecule has 32 heavy (non-hydrogen) atoms. The summed E-state index contributed by atoms with van der Waals surface area (Å²) < 4.78 is 43.1. The SMILES string of the molecule is COc1ccc(C2=NN(C(=O)COC(=O)c3c(F)cccc3F)C(c3ccco3)C2)cc1. The Kier molecular flexibility index (Phi) is 5.98. The van der Waals surface area contributed by atoms with Crippen LogP contribution >= 0.6 is 0 Å². The van der Waals surface area contributed by atoms with E-state index in [-0.39, 0.29) is 0 Å². The Labute approximate surface area is 181 Å². The lowest BCUT2D eigenvalue weighted by atomic mass is 10.0. The molecule has 3 aromatic rings. The smallest absolute Gasteiger partial charge is 0.344 e. The summed E-state index contributed by atoms with van der Waals surface area (Å²) in [4.78, 5) is 24.9. The highest BCUT2D eigenvalue weighted by Gasteiger charge is 2.35. The molecule has 0 N–H and O–H groups in total. The van der Waals surface area contributed by atoms with Gasteiger partial charge in [-0.2, -0.15) is 5.10 Å². The van der Waals surface area contributed by atoms with E-state index in [0.717, 1.165) is 28.8 Å². The maximum atomic E-state index is 13.8. The molecule has 164 valence electrons. The predicted octanol–water partition coefficient (Wildman–Crippen LogP) is 4.10. The van der Waals surface area contributed by atoms with Gasteiger partial charge >= 0.3 is 5.97 Å². The monoisotopic (exact) mass is 440 g/mol. The van der Waals surface area contributed by atoms with Crippen molar-refractivity contribution in [3.05, 3.63) is 89.4 Å². The number of hydrazone groups is 1. The van der Waals surface area contributed by atoms with Gasteiger partial charge in [-0.05, 0) is 54.1 Å². The first-order valence-electron chi connectivity index (χ1n) is 9.66. The molecule has 7 nitrogen and oxygen atoms in total. The van der Waals surface area contributed by atoms with Crippen molar-refractivity contribution < 1.29 is 32.3 Å². The summed E-state index contributed by atoms with van der Waals surface area (Å²) in [6, 6.07) is 13.0. The van der Waals surface area contributed by atoms with E-state index in [1.165, 1.54) is 6.26 Å². The molecule has 0 radical (unpaired) electrons. The van der Waals surface area contributed by atoms with Crippen LogP contribution in [0.15, 0.2) is 70.4 Å². The largest absolute Gasteiger partial charge is 0.497 e. The van der Waals surface area contributed by atoms with Gasteiger partial charge in [0.15, 0.2) is 6.61 Å². The molecule has 1 unspecified atom stereocenters. The van der Waals surface area contributed by atoms with Crippen LogP contribution in [0.3, 0.4) is 0 Å². The van der Waals surface area contributed by atoms with E-state index < -0.39 is 41.7 Å². The van der Waals surface area contributed by atoms with Gasteiger partial charge in [-0.1, -0.05) is 6.07 Å². The Morgan fingerprint density at radius 1 is 1.09 bits per heavy atom. The molecule has 0 aliphatic carbocycles. The van der Waals surface area contributed by atoms with Crippen LogP contribution in [0.25, 0.3) is 0 Å². The first-order chi connectivity index (χ1) is 15.5. The van der Waals surface area contributed by atoms with Crippen molar-refractivity contribution in [1.82, 2.24) is 5.01 Å². The Morgan fingerprint density at radius 3 is 2.44 bits per heavy atom. The van der Waals surface area contributed by atoms with Crippen LogP contribution in [0, 0.1) is 11.6 Å². The van der Waals surface area contributed by atoms with E-state index in [4.69, 9.17) is 13.9 Å². The number of ether oxygens (including phenoxy) is 2. The lowest BCUT2D eigenvalue weighted by Crippen LogP contribution is -2.31. The van der Waals surface area contributed by atoms with Crippen molar-refractivity contribution in [1.29, 1.82) is 0 Å². The van der Waals surface area contributed by atoms with Gasteiger partial charge < -0.3 is 13.9 Å². The highest BCUT2D eigenvalue weighted by Crippen LogP contribution is 2.33. The van der Waals surface area contributed by atoms with Crippen LogP contribution in [-0.4, -0.2) is 36.3 Å². The number of benzene rings is 2. The van der Waals surface area contributed by atoms with Gasteiger partial charge in [0.05, 0.1) is 19.1 Å². The van der Waals surface area contributed by atoms with Crippen LogP contribution in [0.2, 0.25) is 0 Å². The molecule has 0 fully saturated rings. The number of hydrogen-bond acceptors (Lipinski definition) is 6. The van der Waals surface area contributed by atoms with Crippen LogP contribution < -0.4 is 4.74 Å². The minimum Gasteiger partial charge on any atom is -0.497 e. The lowest BCUT2D eigenvalue weighted by Gasteiger charge is -2.19. The topological polar surface area (TPSA) is 81.3 Å². The van der Waals surface area contributed by atoms with E-state index >= 15 is 0 Å². The van der Waals surface area contributed by atoms with E-state index in [1.54, 1.807) is 31.4 Å². The maximum absolute atomic E-state index is 13.8. The number of carbonyl (C=O) groups is 2. The highest BCUT2D eigenvalue weighted by atomic mass is 19.1. The number of nitrogens with zero attached hydrogens (tertiary/aromatic N) is 2. The third kappa shape index (κ3) is 4.22. The standard InChI is InChI=1S/C23H18F2N2O5/c1-30-15-9-7-14(8-10-15)18-12-19(20-6-3-11-31-20)27(26-18)21(28)13-32-23(29)22-16(24)4-2-5-17(22)25/h2-11,19H,12-13H2,1H3. The van der Waals surface area contributed by atoms with Gasteiger partial charge in [-0.15, -0.1) is 0 Å². The maximum Gasteiger partial charge on any atom is 0.344 e. The average molecular weight is 440 g/mol. The van der Waals surface area contributed by atoms with Gasteiger partial charge in [-0.25, -0.2) is 18.6 Å². The fourth-order valence-electron chi connectivity index (χ4n) is 3.36. The number of rotatable bonds is 6. The fourth-order valence-corrected chi connectivity index (χ4v) is 3.36. The molecule has 4 rings (SSSR count). The summed E-state index contributed by atoms with van der Waals surface area (Å²) in [5.41, 5.74) is 0.545. The Bertz CT molecular complexity index is 1140. The number of hydrogen-bond donors (Lipinski definition) is 0. The molecule has 2 aromatic carbocycles. The molecule has 0 saturated carbocycles. The van der Waals surface area contributed by atoms with E-state index in [1.807, 2.05) is 12.1 Å². The second-order valence-electron chi connectivity index (χ2n) is 6.92. The summed E-state index contributed by atoms with van der Waals surface area (Å²) in [6.45, 7) is -0.747. The number of furan rings is 1. The molecule has 1 amide bonds. The van der Waals surface area contributed by atoms with Crippen molar-refractivity contribution in [2.75, 3.05) is 13.7 Å². The molecule has 1 aliphatic heterocycles. The molecule has 0 bridgehead atoms. The zero-order valence-corrected chi connectivity index (χ0v) is 17.0. The third-order valence-corrected chi connectivity index (χ3v) is 4.95. The second kappa shape index (κ2) is 9.01. The van der Waals surface area contributed by atoms with Gasteiger partial charge in [0, 0.05) is 6.42 Å². The minimum atomic E-state index is -1.28. The molecule has 0 saturated heterocycles. The summed E-state index contributed by atoms with van der Waals surface area (Å²) in [5, 5.41) is 5.55. The van der Waals surface area contributed by atoms with E-state index in [2.05, 4.69) is 5.10 Å². The quantitative estimate of drug-likeness (QED) is 0.539. The predicted molar refractivity (Wildman–Crippen MR) is 109 cm³/mol. The van der Waals surface area contributed by atoms with Crippen LogP contribution in [0.5, 0.6) is 5.75 Å². The van der Waals surface area contributed by atoms with Crippen molar-refractivity contribution in [3.63, 3.8) is 0 Å². The lowest BCUT2D eigenvalue weighted by molar-refractivity contribution is -0.136. The normalized spacial score (nSPS) is 15.4. The van der Waals surface area contributed by atoms with E-state index in [0.29, 0.717) is 23.6 Å². The Morgan fingerprint density at radius 2 is 1.81 bits per heavy atom. The average Bonchev–Trinajstić information content (AvgIpc) is 3.47. The van der Waals surface area contributed by atoms with Gasteiger partial charge in [-0.3, -0.25) is 4.79 Å². The first kappa shape index (κ1) is 21.2. The van der Waals surface area contributed by atoms with Crippen molar-refractivity contribution in [3.8, 4) is 5.75 Å². The summed E-state index contributed by atoms with van der Waals surface area (Å²) in [5.74, 6) is -2.91. The van der Waals surface area contributed by atoms with Crippen LogP contribution in [-0.2, 0) is 9.53 Å². The third-order valence-electron chi connectivity index (χ3n) is 4.95. The summed E-state index contributed by atoms with van der Waals surface area (Å²) >= 11 is 0. The van der Waals surface area contributed by atoms with Crippen LogP contribution in [0.1, 0.15) is 34.1 Å². The van der Waals surface area contributed by atoms with E-state index in [9.17, 15) is 18.4 Å². The molecule has 1 atom stereocenters. The number of halogens is 2. The number of amides is 1. The van der Waals surface area contributed by atoms with Crippen molar-refractivity contribution >= 4 is 17.6 Å². The minimum absolute atomic E-state index is 0.363. The molecule has 1 aliphatic rings. The molecular formula is C23H18F2N2O5. The zero-order valence-electron chi connectivity index (χ0n) is 17.0. The molecule has 2 heterocycles. The van der Waals surface area contributed by atoms with Crippen molar-refractivity contribution in [2.45, 2.75) is 12.5 Å². The zero-order chi connectivity index (χ0) is 22.7. The fraction of sp³-hybridized carbons (Fsp3) is 0.174. The Balaban J connectivity index is 1.53. The summed E-state index contributed by atoms with van der Waals surface area (Å²) in [7, 11) is 1.56.